The van der Waals surface area contributed by atoms with Gasteiger partial charge in [-0.3, -0.25) is 4.79 Å². The molecule has 3 aromatic carbocycles. The van der Waals surface area contributed by atoms with Crippen LogP contribution >= 0.6 is 0 Å². The number of rotatable bonds is 10. The van der Waals surface area contributed by atoms with E-state index in [-0.39, 0.29) is 11.4 Å². The molecule has 0 spiro atoms. The third-order valence-corrected chi connectivity index (χ3v) is 9.29. The van der Waals surface area contributed by atoms with Crippen LogP contribution in [0.25, 0.3) is 10.9 Å². The summed E-state index contributed by atoms with van der Waals surface area (Å²) < 4.78 is 33.5. The smallest absolute Gasteiger partial charge is 0.268 e. The quantitative estimate of drug-likeness (QED) is 0.274. The van der Waals surface area contributed by atoms with Gasteiger partial charge in [-0.15, -0.1) is 0 Å². The Morgan fingerprint density at radius 1 is 1.02 bits per heavy atom. The number of nitrogens with zero attached hydrogens (tertiary/aromatic N) is 3. The highest BCUT2D eigenvalue weighted by atomic mass is 32.2. The summed E-state index contributed by atoms with van der Waals surface area (Å²) in [5, 5.41) is 12.9. The maximum absolute atomic E-state index is 14.0. The summed E-state index contributed by atoms with van der Waals surface area (Å²) in [7, 11) is -2.09. The molecule has 0 saturated heterocycles. The van der Waals surface area contributed by atoms with Gasteiger partial charge in [0.25, 0.3) is 5.91 Å². The monoisotopic (exact) mass is 602 g/mol. The molecule has 1 atom stereocenters. The molecule has 5 rings (SSSR count). The number of sulfonamides is 1. The minimum Gasteiger partial charge on any atom is -0.383 e. The van der Waals surface area contributed by atoms with Crippen molar-refractivity contribution in [2.75, 3.05) is 36.6 Å². The summed E-state index contributed by atoms with van der Waals surface area (Å²) in [5.74, 6) is 0.379. The first-order chi connectivity index (χ1) is 20.4. The maximum atomic E-state index is 14.0. The van der Waals surface area contributed by atoms with Gasteiger partial charge in [-0.1, -0.05) is 36.4 Å². The van der Waals surface area contributed by atoms with E-state index < -0.39 is 27.1 Å². The van der Waals surface area contributed by atoms with Crippen molar-refractivity contribution in [1.82, 2.24) is 9.71 Å². The van der Waals surface area contributed by atoms with Crippen LogP contribution in [0, 0.1) is 0 Å². The summed E-state index contributed by atoms with van der Waals surface area (Å²) in [6.45, 7) is 9.78. The number of carbonyl (C=O) groups is 1. The normalized spacial score (nSPS) is 17.0. The molecule has 0 aliphatic carbocycles. The van der Waals surface area contributed by atoms with E-state index in [0.29, 0.717) is 23.4 Å². The van der Waals surface area contributed by atoms with E-state index in [0.717, 1.165) is 35.4 Å². The van der Waals surface area contributed by atoms with Crippen molar-refractivity contribution in [2.45, 2.75) is 50.3 Å². The van der Waals surface area contributed by atoms with Crippen molar-refractivity contribution in [3.8, 4) is 0 Å². The molecule has 2 heterocycles. The molecule has 226 valence electrons. The number of fused-ring (bicyclic) bond motifs is 2. The number of para-hydroxylation sites is 1. The summed E-state index contributed by atoms with van der Waals surface area (Å²) in [6, 6.07) is 22.9. The van der Waals surface area contributed by atoms with Crippen LogP contribution in [0.15, 0.2) is 83.8 Å². The molecule has 4 aromatic rings. The van der Waals surface area contributed by atoms with E-state index in [1.807, 2.05) is 42.5 Å². The zero-order chi connectivity index (χ0) is 31.0. The lowest BCUT2D eigenvalue weighted by atomic mass is 9.87. The highest BCUT2D eigenvalue weighted by Crippen LogP contribution is 2.45. The second-order valence-electron chi connectivity index (χ2n) is 11.8. The van der Waals surface area contributed by atoms with E-state index in [4.69, 9.17) is 9.72 Å². The number of methoxy groups -OCH3 is 1. The molecule has 0 bridgehead atoms. The maximum Gasteiger partial charge on any atom is 0.268 e. The second kappa shape index (κ2) is 11.7. The van der Waals surface area contributed by atoms with Gasteiger partial charge in [0.15, 0.2) is 5.60 Å². The molecule has 1 unspecified atom stereocenters. The molecule has 2 N–H and O–H groups in total. The standard InChI is InChI=1S/C33H38N4O5S/c1-6-36(19-20-42-5)30-18-12-24-21-23(11-17-28(24)34-30)22-37-29-10-8-7-9-27(29)33(39,31(37)38)25-13-15-26(16-14-25)43(40,41)35-32(2,3)4/h7-18,21,35,39H,6,19-20,22H2,1-5H3. The lowest BCUT2D eigenvalue weighted by Crippen LogP contribution is -2.41. The number of aliphatic hydroxyl groups is 1. The van der Waals surface area contributed by atoms with Crippen molar-refractivity contribution in [3.63, 3.8) is 0 Å². The predicted molar refractivity (Wildman–Crippen MR) is 169 cm³/mol. The number of benzene rings is 3. The van der Waals surface area contributed by atoms with Gasteiger partial charge in [0.05, 0.1) is 29.3 Å². The lowest BCUT2D eigenvalue weighted by molar-refractivity contribution is -0.132. The first-order valence-electron chi connectivity index (χ1n) is 14.3. The predicted octanol–water partition coefficient (Wildman–Crippen LogP) is 4.57. The van der Waals surface area contributed by atoms with Crippen LogP contribution in [0.3, 0.4) is 0 Å². The first-order valence-corrected chi connectivity index (χ1v) is 15.8. The molecule has 0 fully saturated rings. The Hall–Kier alpha value is -3.83. The van der Waals surface area contributed by atoms with Crippen LogP contribution in [-0.4, -0.2) is 56.8 Å². The average molecular weight is 603 g/mol. The third kappa shape index (κ3) is 6.01. The van der Waals surface area contributed by atoms with Crippen molar-refractivity contribution < 1.29 is 23.1 Å². The van der Waals surface area contributed by atoms with Gasteiger partial charge < -0.3 is 19.6 Å². The molecule has 43 heavy (non-hydrogen) atoms. The molecule has 1 aromatic heterocycles. The fourth-order valence-electron chi connectivity index (χ4n) is 5.47. The van der Waals surface area contributed by atoms with E-state index in [2.05, 4.69) is 16.5 Å². The van der Waals surface area contributed by atoms with Gasteiger partial charge in [0.2, 0.25) is 10.0 Å². The largest absolute Gasteiger partial charge is 0.383 e. The molecule has 1 aliphatic rings. The number of amides is 1. The number of carbonyl (C=O) groups excluding carboxylic acids is 1. The molecule has 1 aliphatic heterocycles. The number of likely N-dealkylation sites (N-methyl/N-ethyl adjacent to an activating group) is 1. The van der Waals surface area contributed by atoms with Crippen molar-refractivity contribution in [3.05, 3.63) is 95.6 Å². The SMILES string of the molecule is CCN(CCOC)c1ccc2cc(CN3C(=O)C(O)(c4ccc(S(=O)(=O)NC(C)(C)C)cc4)c4ccccc43)ccc2n1. The Labute approximate surface area is 253 Å². The number of hydrogen-bond acceptors (Lipinski definition) is 7. The van der Waals surface area contributed by atoms with Crippen LogP contribution in [-0.2, 0) is 31.7 Å². The minimum atomic E-state index is -3.78. The molecule has 0 saturated carbocycles. The van der Waals surface area contributed by atoms with Gasteiger partial charge in [-0.05, 0) is 81.3 Å². The van der Waals surface area contributed by atoms with E-state index in [9.17, 15) is 18.3 Å². The number of hydrogen-bond donors (Lipinski definition) is 2. The highest BCUT2D eigenvalue weighted by molar-refractivity contribution is 7.89. The molecule has 9 nitrogen and oxygen atoms in total. The fraction of sp³-hybridized carbons (Fsp3) is 0.333. The first kappa shape index (κ1) is 30.6. The van der Waals surface area contributed by atoms with Gasteiger partial charge in [0, 0.05) is 36.7 Å². The van der Waals surface area contributed by atoms with Crippen LogP contribution in [0.4, 0.5) is 11.5 Å². The van der Waals surface area contributed by atoms with Crippen LogP contribution < -0.4 is 14.5 Å². The van der Waals surface area contributed by atoms with Gasteiger partial charge in [-0.25, -0.2) is 18.1 Å². The van der Waals surface area contributed by atoms with Gasteiger partial charge in [0.1, 0.15) is 5.82 Å². The minimum absolute atomic E-state index is 0.0547. The van der Waals surface area contributed by atoms with Crippen molar-refractivity contribution in [2.24, 2.45) is 0 Å². The topological polar surface area (TPSA) is 112 Å². The number of aromatic nitrogens is 1. The zero-order valence-electron chi connectivity index (χ0n) is 25.2. The Morgan fingerprint density at radius 3 is 2.42 bits per heavy atom. The summed E-state index contributed by atoms with van der Waals surface area (Å²) in [6.07, 6.45) is 0. The molecule has 1 amide bonds. The Balaban J connectivity index is 1.43. The number of nitrogens with one attached hydrogen (secondary N) is 1. The Morgan fingerprint density at radius 2 is 1.74 bits per heavy atom. The highest BCUT2D eigenvalue weighted by Gasteiger charge is 2.51. The average Bonchev–Trinajstić information content (AvgIpc) is 3.19. The Kier molecular flexibility index (Phi) is 8.32. The van der Waals surface area contributed by atoms with Crippen molar-refractivity contribution in [1.29, 1.82) is 0 Å². The third-order valence-electron chi connectivity index (χ3n) is 7.51. The summed E-state index contributed by atoms with van der Waals surface area (Å²) in [5.41, 5.74) is 0.463. The second-order valence-corrected chi connectivity index (χ2v) is 13.5. The molecular weight excluding hydrogens is 564 g/mol. The van der Waals surface area contributed by atoms with E-state index in [1.165, 1.54) is 24.3 Å². The van der Waals surface area contributed by atoms with Crippen molar-refractivity contribution >= 4 is 38.3 Å². The number of ether oxygens (including phenoxy) is 1. The molecule has 0 radical (unpaired) electrons. The van der Waals surface area contributed by atoms with Crippen LogP contribution in [0.1, 0.15) is 44.4 Å². The zero-order valence-corrected chi connectivity index (χ0v) is 26.0. The van der Waals surface area contributed by atoms with E-state index >= 15 is 0 Å². The Bertz CT molecular complexity index is 1750. The van der Waals surface area contributed by atoms with Gasteiger partial charge in [-0.2, -0.15) is 0 Å². The van der Waals surface area contributed by atoms with E-state index in [1.54, 1.807) is 44.9 Å². The number of anilines is 2. The molecule has 10 heteroatoms. The van der Waals surface area contributed by atoms with Crippen LogP contribution in [0.2, 0.25) is 0 Å². The van der Waals surface area contributed by atoms with Gasteiger partial charge >= 0.3 is 0 Å². The van der Waals surface area contributed by atoms with Crippen LogP contribution in [0.5, 0.6) is 0 Å². The molecular formula is C33H38N4O5S. The summed E-state index contributed by atoms with van der Waals surface area (Å²) >= 11 is 0. The number of pyridine rings is 1. The lowest BCUT2D eigenvalue weighted by Gasteiger charge is -2.25. The summed E-state index contributed by atoms with van der Waals surface area (Å²) in [4.78, 5) is 22.6. The fourth-order valence-corrected chi connectivity index (χ4v) is 6.88.